The molecule has 1 unspecified atom stereocenters. The molecule has 0 bridgehead atoms. The number of phenols is 1. The number of fused-ring (bicyclic) bond motifs is 1. The fourth-order valence-electron chi connectivity index (χ4n) is 4.05. The third kappa shape index (κ3) is 4.43. The Bertz CT molecular complexity index is 1180. The normalized spacial score (nSPS) is 16.7. The molecule has 0 saturated heterocycles. The average Bonchev–Trinajstić information content (AvgIpc) is 3.32. The van der Waals surface area contributed by atoms with Gasteiger partial charge < -0.3 is 15.2 Å². The molecule has 4 rings (SSSR count). The minimum atomic E-state index is -1.01. The smallest absolute Gasteiger partial charge is 0.268 e. The number of amides is 1. The Hall–Kier alpha value is -3.03. The van der Waals surface area contributed by atoms with Crippen molar-refractivity contribution in [2.45, 2.75) is 46.1 Å². The molecule has 33 heavy (non-hydrogen) atoms. The van der Waals surface area contributed by atoms with Crippen LogP contribution >= 0.6 is 23.7 Å². The number of nitrogens with one attached hydrogen (secondary N) is 2. The predicted molar refractivity (Wildman–Crippen MR) is 137 cm³/mol. The standard InChI is InChI=1S/C25H27N3O3S.ClH/c1-15-16(2)23-20(17(3)22(15)29)11-12-25(4,31-23)24(30)27-18-7-9-19(10-8-18)28(14-26)21-6-5-13-32-21;/h5-10,13-14,26,29H,11-12H2,1-4H3,(H,27,30);1H. The summed E-state index contributed by atoms with van der Waals surface area (Å²) in [6.07, 6.45) is 2.46. The molecule has 0 spiro atoms. The van der Waals surface area contributed by atoms with Crippen LogP contribution in [0.2, 0.25) is 0 Å². The highest BCUT2D eigenvalue weighted by molar-refractivity contribution is 7.14. The number of thiophene rings is 1. The number of anilines is 3. The lowest BCUT2D eigenvalue weighted by atomic mass is 9.86. The molecule has 6 nitrogen and oxygen atoms in total. The molecule has 0 saturated carbocycles. The SMILES string of the molecule is Cc1c(C)c2c(c(C)c1O)CCC(C)(C(=O)Nc1ccc(N(C=N)c3cccs3)cc1)O2.Cl. The molecule has 3 aromatic rings. The summed E-state index contributed by atoms with van der Waals surface area (Å²) < 4.78 is 6.27. The van der Waals surface area contributed by atoms with Crippen LogP contribution in [0.25, 0.3) is 0 Å². The Morgan fingerprint density at radius 3 is 2.48 bits per heavy atom. The van der Waals surface area contributed by atoms with E-state index in [4.69, 9.17) is 10.1 Å². The van der Waals surface area contributed by atoms with E-state index in [0.29, 0.717) is 30.0 Å². The van der Waals surface area contributed by atoms with Gasteiger partial charge in [-0.2, -0.15) is 0 Å². The van der Waals surface area contributed by atoms with E-state index in [2.05, 4.69) is 5.32 Å². The van der Waals surface area contributed by atoms with Crippen LogP contribution in [-0.4, -0.2) is 23.0 Å². The van der Waals surface area contributed by atoms with Crippen molar-refractivity contribution in [3.8, 4) is 11.5 Å². The van der Waals surface area contributed by atoms with E-state index in [1.54, 1.807) is 16.2 Å². The van der Waals surface area contributed by atoms with Crippen molar-refractivity contribution in [3.05, 3.63) is 64.0 Å². The third-order valence-electron chi connectivity index (χ3n) is 6.28. The highest BCUT2D eigenvalue weighted by Gasteiger charge is 2.40. The highest BCUT2D eigenvalue weighted by Crippen LogP contribution is 2.43. The second kappa shape index (κ2) is 9.45. The van der Waals surface area contributed by atoms with E-state index in [1.807, 2.05) is 69.5 Å². The molecule has 0 radical (unpaired) electrons. The summed E-state index contributed by atoms with van der Waals surface area (Å²) in [6, 6.07) is 11.3. The predicted octanol–water partition coefficient (Wildman–Crippen LogP) is 6.27. The number of carbonyl (C=O) groups is 1. The zero-order valence-corrected chi connectivity index (χ0v) is 20.7. The van der Waals surface area contributed by atoms with Gasteiger partial charge in [-0.05, 0) is 92.6 Å². The summed E-state index contributed by atoms with van der Waals surface area (Å²) >= 11 is 1.55. The number of nitrogens with zero attached hydrogens (tertiary/aromatic N) is 1. The molecule has 174 valence electrons. The van der Waals surface area contributed by atoms with Gasteiger partial charge in [0.05, 0.1) is 6.34 Å². The summed E-state index contributed by atoms with van der Waals surface area (Å²) in [4.78, 5) is 15.0. The Balaban J connectivity index is 0.00000306. The fraction of sp³-hybridized carbons (Fsp3) is 0.280. The fourth-order valence-corrected chi connectivity index (χ4v) is 4.77. The van der Waals surface area contributed by atoms with Crippen LogP contribution in [0.4, 0.5) is 16.4 Å². The Kier molecular flexibility index (Phi) is 7.05. The monoisotopic (exact) mass is 485 g/mol. The second-order valence-corrected chi connectivity index (χ2v) is 9.24. The molecule has 3 N–H and O–H groups in total. The molecule has 1 aliphatic heterocycles. The van der Waals surface area contributed by atoms with Crippen molar-refractivity contribution >= 4 is 52.4 Å². The lowest BCUT2D eigenvalue weighted by Gasteiger charge is -2.36. The molecule has 0 aliphatic carbocycles. The summed E-state index contributed by atoms with van der Waals surface area (Å²) in [5, 5.41) is 24.0. The zero-order chi connectivity index (χ0) is 23.0. The molecular formula is C25H28ClN3O3S. The van der Waals surface area contributed by atoms with Crippen LogP contribution in [0.3, 0.4) is 0 Å². The maximum absolute atomic E-state index is 13.2. The molecule has 0 fully saturated rings. The van der Waals surface area contributed by atoms with Crippen LogP contribution in [0.15, 0.2) is 41.8 Å². The van der Waals surface area contributed by atoms with Crippen LogP contribution < -0.4 is 15.0 Å². The summed E-state index contributed by atoms with van der Waals surface area (Å²) in [5.74, 6) is 0.801. The van der Waals surface area contributed by atoms with Crippen molar-refractivity contribution in [3.63, 3.8) is 0 Å². The van der Waals surface area contributed by atoms with Crippen molar-refractivity contribution < 1.29 is 14.6 Å². The van der Waals surface area contributed by atoms with E-state index in [-0.39, 0.29) is 18.3 Å². The number of benzene rings is 2. The number of aromatic hydroxyl groups is 1. The maximum atomic E-state index is 13.2. The van der Waals surface area contributed by atoms with Crippen molar-refractivity contribution in [1.29, 1.82) is 5.41 Å². The van der Waals surface area contributed by atoms with Gasteiger partial charge in [0.15, 0.2) is 5.60 Å². The van der Waals surface area contributed by atoms with Crippen molar-refractivity contribution in [1.82, 2.24) is 0 Å². The molecule has 8 heteroatoms. The molecule has 1 aromatic heterocycles. The number of ether oxygens (including phenoxy) is 1. The van der Waals surface area contributed by atoms with E-state index in [1.165, 1.54) is 6.34 Å². The number of carbonyl (C=O) groups excluding carboxylic acids is 1. The van der Waals surface area contributed by atoms with E-state index in [9.17, 15) is 9.90 Å². The zero-order valence-electron chi connectivity index (χ0n) is 19.1. The van der Waals surface area contributed by atoms with Crippen LogP contribution in [-0.2, 0) is 11.2 Å². The second-order valence-electron chi connectivity index (χ2n) is 8.32. The van der Waals surface area contributed by atoms with Gasteiger partial charge in [-0.3, -0.25) is 15.1 Å². The van der Waals surface area contributed by atoms with Gasteiger partial charge in [-0.15, -0.1) is 23.7 Å². The topological polar surface area (TPSA) is 85.7 Å². The first-order valence-electron chi connectivity index (χ1n) is 10.5. The van der Waals surface area contributed by atoms with E-state index >= 15 is 0 Å². The van der Waals surface area contributed by atoms with Crippen molar-refractivity contribution in [2.75, 3.05) is 10.2 Å². The van der Waals surface area contributed by atoms with Crippen LogP contribution in [0, 0.1) is 26.2 Å². The number of hydrogen-bond donors (Lipinski definition) is 3. The van der Waals surface area contributed by atoms with Gasteiger partial charge in [0.25, 0.3) is 5.91 Å². The maximum Gasteiger partial charge on any atom is 0.268 e. The number of rotatable bonds is 5. The first kappa shape index (κ1) is 24.6. The van der Waals surface area contributed by atoms with Gasteiger partial charge in [0.1, 0.15) is 16.5 Å². The summed E-state index contributed by atoms with van der Waals surface area (Å²) in [6.45, 7) is 7.48. The van der Waals surface area contributed by atoms with Gasteiger partial charge in [-0.25, -0.2) is 0 Å². The Morgan fingerprint density at radius 2 is 1.88 bits per heavy atom. The Morgan fingerprint density at radius 1 is 1.18 bits per heavy atom. The first-order valence-corrected chi connectivity index (χ1v) is 11.4. The minimum Gasteiger partial charge on any atom is -0.507 e. The first-order chi connectivity index (χ1) is 15.2. The number of phenolic OH excluding ortho intramolecular Hbond substituents is 1. The number of hydrogen-bond acceptors (Lipinski definition) is 5. The largest absolute Gasteiger partial charge is 0.507 e. The lowest BCUT2D eigenvalue weighted by Crippen LogP contribution is -2.48. The van der Waals surface area contributed by atoms with E-state index < -0.39 is 5.60 Å². The van der Waals surface area contributed by atoms with Gasteiger partial charge in [-0.1, -0.05) is 0 Å². The van der Waals surface area contributed by atoms with Gasteiger partial charge in [0, 0.05) is 23.4 Å². The minimum absolute atomic E-state index is 0. The quantitative estimate of drug-likeness (QED) is 0.293. The molecule has 1 aliphatic rings. The molecule has 2 aromatic carbocycles. The Labute approximate surface area is 204 Å². The van der Waals surface area contributed by atoms with E-state index in [0.717, 1.165) is 32.9 Å². The van der Waals surface area contributed by atoms with Crippen molar-refractivity contribution in [2.24, 2.45) is 0 Å². The van der Waals surface area contributed by atoms with Gasteiger partial charge >= 0.3 is 0 Å². The van der Waals surface area contributed by atoms with Crippen LogP contribution in [0.1, 0.15) is 35.6 Å². The highest BCUT2D eigenvalue weighted by atomic mass is 35.5. The molecule has 1 atom stereocenters. The lowest BCUT2D eigenvalue weighted by molar-refractivity contribution is -0.131. The van der Waals surface area contributed by atoms with Crippen LogP contribution in [0.5, 0.6) is 11.5 Å². The molecule has 2 heterocycles. The summed E-state index contributed by atoms with van der Waals surface area (Å²) in [7, 11) is 0. The third-order valence-corrected chi connectivity index (χ3v) is 7.14. The molecule has 1 amide bonds. The summed E-state index contributed by atoms with van der Waals surface area (Å²) in [5.41, 5.74) is 3.94. The number of halogens is 1. The van der Waals surface area contributed by atoms with Gasteiger partial charge in [0.2, 0.25) is 0 Å². The average molecular weight is 486 g/mol. The molecular weight excluding hydrogens is 458 g/mol.